The molecular formula is C11H14O2. The van der Waals surface area contributed by atoms with Gasteiger partial charge in [-0.1, -0.05) is 19.9 Å². The second-order valence-electron chi connectivity index (χ2n) is 2.56. The Morgan fingerprint density at radius 3 is 2.62 bits per heavy atom. The molecule has 0 saturated carbocycles. The highest BCUT2D eigenvalue weighted by Crippen LogP contribution is 1.92. The van der Waals surface area contributed by atoms with Crippen molar-refractivity contribution in [2.45, 2.75) is 26.7 Å². The number of hydrogen-bond acceptors (Lipinski definition) is 2. The Bertz CT molecular complexity index is 426. The maximum absolute atomic E-state index is 10.7. The molecule has 0 amide bonds. The lowest BCUT2D eigenvalue weighted by Gasteiger charge is -1.95. The highest BCUT2D eigenvalue weighted by molar-refractivity contribution is 5.33. The quantitative estimate of drug-likeness (QED) is 0.593. The summed E-state index contributed by atoms with van der Waals surface area (Å²) in [5, 5.41) is 1.04. The molecule has 0 fully saturated rings. The van der Waals surface area contributed by atoms with E-state index in [4.69, 9.17) is 4.42 Å². The molecular weight excluding hydrogens is 164 g/mol. The van der Waals surface area contributed by atoms with Gasteiger partial charge in [-0.25, -0.2) is 4.79 Å². The molecule has 0 spiro atoms. The molecule has 0 aliphatic heterocycles. The molecule has 1 aromatic heterocycles. The summed E-state index contributed by atoms with van der Waals surface area (Å²) in [7, 11) is 0. The molecule has 1 aliphatic carbocycles. The van der Waals surface area contributed by atoms with Gasteiger partial charge in [0.1, 0.15) is 5.42 Å². The zero-order valence-electron chi connectivity index (χ0n) is 8.04. The molecule has 0 saturated heterocycles. The van der Waals surface area contributed by atoms with E-state index in [9.17, 15) is 4.79 Å². The molecule has 2 heteroatoms. The summed E-state index contributed by atoms with van der Waals surface area (Å²) in [5.41, 5.74) is 0.457. The summed E-state index contributed by atoms with van der Waals surface area (Å²) in [6, 6.07) is 3.26. The first-order valence-electron chi connectivity index (χ1n) is 4.67. The Morgan fingerprint density at radius 1 is 1.15 bits per heavy atom. The standard InChI is InChI=1S/C9H8O2.C2H6/c10-9-6-5-7-3-1-2-4-8(7)11-9;1-2/h3-6H,1-2H2;1-2H3. The number of fused-ring (bicyclic) bond motifs is 1. The Morgan fingerprint density at radius 2 is 1.85 bits per heavy atom. The van der Waals surface area contributed by atoms with Crippen molar-refractivity contribution < 1.29 is 4.42 Å². The van der Waals surface area contributed by atoms with Gasteiger partial charge in [-0.05, 0) is 25.0 Å². The van der Waals surface area contributed by atoms with Crippen LogP contribution in [0.25, 0.3) is 12.2 Å². The summed E-state index contributed by atoms with van der Waals surface area (Å²) in [5.74, 6) is 0. The van der Waals surface area contributed by atoms with Gasteiger partial charge in [0.2, 0.25) is 0 Å². The minimum absolute atomic E-state index is 0.268. The zero-order chi connectivity index (χ0) is 9.68. The van der Waals surface area contributed by atoms with Crippen molar-refractivity contribution >= 4 is 12.2 Å². The lowest BCUT2D eigenvalue weighted by atomic mass is 10.2. The smallest absolute Gasteiger partial charge is 0.336 e. The predicted octanol–water partition coefficient (Wildman–Crippen LogP) is 1.02. The summed E-state index contributed by atoms with van der Waals surface area (Å²) < 4.78 is 4.96. The molecule has 1 aliphatic rings. The maximum Gasteiger partial charge on any atom is 0.336 e. The van der Waals surface area contributed by atoms with Crippen LogP contribution in [-0.4, -0.2) is 0 Å². The molecule has 0 bridgehead atoms. The highest BCUT2D eigenvalue weighted by atomic mass is 16.4. The minimum atomic E-state index is -0.268. The van der Waals surface area contributed by atoms with Gasteiger partial charge in [0.05, 0.1) is 0 Å². The summed E-state index contributed by atoms with van der Waals surface area (Å²) in [6.45, 7) is 4.00. The molecule has 70 valence electrons. The highest BCUT2D eigenvalue weighted by Gasteiger charge is 1.94. The Balaban J connectivity index is 0.000000396. The van der Waals surface area contributed by atoms with Gasteiger partial charge in [0.25, 0.3) is 0 Å². The predicted molar refractivity (Wildman–Crippen MR) is 53.7 cm³/mol. The Kier molecular flexibility index (Phi) is 3.50. The fourth-order valence-corrected chi connectivity index (χ4v) is 1.22. The van der Waals surface area contributed by atoms with E-state index in [-0.39, 0.29) is 5.63 Å². The topological polar surface area (TPSA) is 30.2 Å². The van der Waals surface area contributed by atoms with Crippen molar-refractivity contribution in [2.75, 3.05) is 0 Å². The zero-order valence-corrected chi connectivity index (χ0v) is 8.04. The maximum atomic E-state index is 10.7. The molecule has 0 radical (unpaired) electrons. The fraction of sp³-hybridized carbons (Fsp3) is 0.364. The van der Waals surface area contributed by atoms with Gasteiger partial charge < -0.3 is 4.42 Å². The monoisotopic (exact) mass is 178 g/mol. The summed E-state index contributed by atoms with van der Waals surface area (Å²) in [6.07, 6.45) is 6.05. The molecule has 0 aromatic carbocycles. The van der Waals surface area contributed by atoms with Gasteiger partial charge >= 0.3 is 5.63 Å². The van der Waals surface area contributed by atoms with Crippen molar-refractivity contribution in [2.24, 2.45) is 0 Å². The lowest BCUT2D eigenvalue weighted by molar-refractivity contribution is 0.470. The van der Waals surface area contributed by atoms with E-state index in [0.717, 1.165) is 23.5 Å². The average Bonchev–Trinajstić information content (AvgIpc) is 2.21. The molecule has 13 heavy (non-hydrogen) atoms. The molecule has 1 aromatic rings. The van der Waals surface area contributed by atoms with Crippen LogP contribution < -0.4 is 16.3 Å². The Hall–Kier alpha value is -1.31. The Labute approximate surface area is 77.2 Å². The molecule has 2 rings (SSSR count). The largest absolute Gasteiger partial charge is 0.423 e. The van der Waals surface area contributed by atoms with Gasteiger partial charge in [-0.2, -0.15) is 0 Å². The van der Waals surface area contributed by atoms with Gasteiger partial charge in [-0.3, -0.25) is 0 Å². The first kappa shape index (κ1) is 9.78. The van der Waals surface area contributed by atoms with E-state index in [1.165, 1.54) is 6.07 Å². The van der Waals surface area contributed by atoms with Gasteiger partial charge in [0.15, 0.2) is 0 Å². The van der Waals surface area contributed by atoms with E-state index in [0.29, 0.717) is 0 Å². The van der Waals surface area contributed by atoms with Crippen LogP contribution in [0.1, 0.15) is 26.7 Å². The van der Waals surface area contributed by atoms with Gasteiger partial charge in [-0.15, -0.1) is 0 Å². The van der Waals surface area contributed by atoms with Crippen molar-refractivity contribution in [3.8, 4) is 0 Å². The minimum Gasteiger partial charge on any atom is -0.423 e. The third-order valence-corrected chi connectivity index (χ3v) is 1.75. The van der Waals surface area contributed by atoms with Crippen molar-refractivity contribution in [1.29, 1.82) is 0 Å². The van der Waals surface area contributed by atoms with Crippen LogP contribution in [-0.2, 0) is 0 Å². The van der Waals surface area contributed by atoms with Crippen LogP contribution in [0.4, 0.5) is 0 Å². The first-order valence-corrected chi connectivity index (χ1v) is 4.67. The van der Waals surface area contributed by atoms with Crippen LogP contribution in [0.15, 0.2) is 21.3 Å². The second kappa shape index (κ2) is 4.65. The summed E-state index contributed by atoms with van der Waals surface area (Å²) in [4.78, 5) is 10.7. The molecule has 0 N–H and O–H groups in total. The molecule has 0 atom stereocenters. The van der Waals surface area contributed by atoms with Crippen LogP contribution >= 0.6 is 0 Å². The SMILES string of the molecule is CC.O=c1ccc2c(o1)=CCCC=2. The average molecular weight is 178 g/mol. The fourth-order valence-electron chi connectivity index (χ4n) is 1.22. The van der Waals surface area contributed by atoms with E-state index in [2.05, 4.69) is 6.08 Å². The molecule has 1 heterocycles. The second-order valence-corrected chi connectivity index (χ2v) is 2.56. The molecule has 0 unspecified atom stereocenters. The van der Waals surface area contributed by atoms with Gasteiger partial charge in [0, 0.05) is 11.3 Å². The van der Waals surface area contributed by atoms with E-state index >= 15 is 0 Å². The van der Waals surface area contributed by atoms with Crippen molar-refractivity contribution in [3.05, 3.63) is 33.2 Å². The third-order valence-electron chi connectivity index (χ3n) is 1.75. The van der Waals surface area contributed by atoms with Crippen LogP contribution in [0.3, 0.4) is 0 Å². The van der Waals surface area contributed by atoms with E-state index in [1.807, 2.05) is 19.9 Å². The van der Waals surface area contributed by atoms with Crippen LogP contribution in [0.5, 0.6) is 0 Å². The first-order chi connectivity index (χ1) is 6.36. The van der Waals surface area contributed by atoms with Crippen LogP contribution in [0.2, 0.25) is 0 Å². The van der Waals surface area contributed by atoms with E-state index < -0.39 is 0 Å². The third kappa shape index (κ3) is 2.31. The van der Waals surface area contributed by atoms with Crippen LogP contribution in [0, 0.1) is 0 Å². The molecule has 2 nitrogen and oxygen atoms in total. The lowest BCUT2D eigenvalue weighted by Crippen LogP contribution is -2.29. The summed E-state index contributed by atoms with van der Waals surface area (Å²) >= 11 is 0. The van der Waals surface area contributed by atoms with Crippen molar-refractivity contribution in [3.63, 3.8) is 0 Å². The number of rotatable bonds is 0. The van der Waals surface area contributed by atoms with Crippen molar-refractivity contribution in [1.82, 2.24) is 0 Å². The number of hydrogen-bond donors (Lipinski definition) is 0. The van der Waals surface area contributed by atoms with E-state index in [1.54, 1.807) is 6.07 Å². The normalized spacial score (nSPS) is 12.8.